The van der Waals surface area contributed by atoms with Crippen LogP contribution in [0.3, 0.4) is 0 Å². The van der Waals surface area contributed by atoms with Crippen molar-refractivity contribution in [2.45, 2.75) is 24.5 Å². The zero-order valence-corrected chi connectivity index (χ0v) is 15.6. The van der Waals surface area contributed by atoms with Gasteiger partial charge >= 0.3 is 5.97 Å². The highest BCUT2D eigenvalue weighted by Crippen LogP contribution is 2.62. The molecule has 1 saturated carbocycles. The highest BCUT2D eigenvalue weighted by Gasteiger charge is 2.62. The molecule has 1 saturated heterocycles. The van der Waals surface area contributed by atoms with E-state index in [4.69, 9.17) is 4.42 Å². The Balaban J connectivity index is 1.48. The van der Waals surface area contributed by atoms with E-state index in [-0.39, 0.29) is 11.5 Å². The van der Waals surface area contributed by atoms with Gasteiger partial charge in [-0.3, -0.25) is 4.79 Å². The molecule has 1 amide bonds. The minimum absolute atomic E-state index is 0.0639. The fourth-order valence-electron chi connectivity index (χ4n) is 4.02. The molecule has 2 aromatic rings. The Morgan fingerprint density at radius 2 is 1.88 bits per heavy atom. The van der Waals surface area contributed by atoms with E-state index >= 15 is 0 Å². The van der Waals surface area contributed by atoms with Gasteiger partial charge in [-0.15, -0.1) is 11.8 Å². The molecule has 26 heavy (non-hydrogen) atoms. The second kappa shape index (κ2) is 6.20. The van der Waals surface area contributed by atoms with Crippen LogP contribution in [0.5, 0.6) is 0 Å². The van der Waals surface area contributed by atoms with Crippen molar-refractivity contribution in [2.75, 3.05) is 13.1 Å². The Morgan fingerprint density at radius 3 is 2.58 bits per heavy atom. The summed E-state index contributed by atoms with van der Waals surface area (Å²) >= 11 is 1.43. The molecule has 136 valence electrons. The van der Waals surface area contributed by atoms with Crippen LogP contribution < -0.4 is 0 Å². The Labute approximate surface area is 156 Å². The van der Waals surface area contributed by atoms with E-state index in [0.29, 0.717) is 34.3 Å². The Morgan fingerprint density at radius 1 is 1.19 bits per heavy atom. The summed E-state index contributed by atoms with van der Waals surface area (Å²) < 4.78 is 5.29. The zero-order chi connectivity index (χ0) is 18.5. The summed E-state index contributed by atoms with van der Waals surface area (Å²) in [6.07, 6.45) is 1.38. The molecule has 6 heteroatoms. The van der Waals surface area contributed by atoms with Crippen LogP contribution in [-0.4, -0.2) is 35.0 Å². The third-order valence-corrected chi connectivity index (χ3v) is 6.93. The van der Waals surface area contributed by atoms with Crippen molar-refractivity contribution < 1.29 is 19.1 Å². The van der Waals surface area contributed by atoms with E-state index in [1.165, 1.54) is 24.1 Å². The summed E-state index contributed by atoms with van der Waals surface area (Å²) in [5, 5.41) is 9.18. The second-order valence-corrected chi connectivity index (χ2v) is 8.61. The second-order valence-electron chi connectivity index (χ2n) is 7.59. The number of aromatic carboxylic acids is 1. The predicted octanol–water partition coefficient (Wildman–Crippen LogP) is 4.00. The molecule has 2 atom stereocenters. The quantitative estimate of drug-likeness (QED) is 0.805. The summed E-state index contributed by atoms with van der Waals surface area (Å²) in [5.74, 6) is 1.08. The number of fused-ring (bicyclic) bond motifs is 1. The molecular weight excluding hydrogens is 350 g/mol. The van der Waals surface area contributed by atoms with Gasteiger partial charge in [0.1, 0.15) is 11.3 Å². The number of hydrogen-bond donors (Lipinski definition) is 1. The minimum Gasteiger partial charge on any atom is -0.478 e. The molecule has 2 fully saturated rings. The average Bonchev–Trinajstić information content (AvgIpc) is 3.07. The maximum Gasteiger partial charge on any atom is 0.339 e. The summed E-state index contributed by atoms with van der Waals surface area (Å²) in [6, 6.07) is 8.97. The summed E-state index contributed by atoms with van der Waals surface area (Å²) in [6.45, 7) is 6.21. The van der Waals surface area contributed by atoms with E-state index in [1.807, 2.05) is 29.2 Å². The molecule has 2 heterocycles. The number of amides is 1. The molecule has 4 rings (SSSR count). The standard InChI is InChI=1S/C20H21NO4S/c1-20(2)14-9-21(10-15(14)20)18(22)13-5-3-4-6-17(13)26-11-16-12(19(23)24)7-8-25-16/h3-8,14-15H,9-11H2,1-2H3,(H,23,24). The number of hydrogen-bond acceptors (Lipinski definition) is 4. The van der Waals surface area contributed by atoms with E-state index in [9.17, 15) is 14.7 Å². The van der Waals surface area contributed by atoms with Gasteiger partial charge in [-0.2, -0.15) is 0 Å². The first-order valence-electron chi connectivity index (χ1n) is 8.70. The first kappa shape index (κ1) is 17.2. The average molecular weight is 371 g/mol. The Kier molecular flexibility index (Phi) is 4.10. The van der Waals surface area contributed by atoms with Crippen LogP contribution >= 0.6 is 11.8 Å². The number of carbonyl (C=O) groups is 2. The molecule has 0 spiro atoms. The number of carbonyl (C=O) groups excluding carboxylic acids is 1. The van der Waals surface area contributed by atoms with Crippen LogP contribution in [0.4, 0.5) is 0 Å². The fourth-order valence-corrected chi connectivity index (χ4v) is 5.02. The van der Waals surface area contributed by atoms with E-state index < -0.39 is 5.97 Å². The first-order valence-corrected chi connectivity index (χ1v) is 9.69. The fraction of sp³-hybridized carbons (Fsp3) is 0.400. The Hall–Kier alpha value is -2.21. The maximum atomic E-state index is 13.0. The highest BCUT2D eigenvalue weighted by atomic mass is 32.2. The van der Waals surface area contributed by atoms with Gasteiger partial charge < -0.3 is 14.4 Å². The lowest BCUT2D eigenvalue weighted by molar-refractivity contribution is 0.0693. The van der Waals surface area contributed by atoms with Crippen molar-refractivity contribution in [3.8, 4) is 0 Å². The van der Waals surface area contributed by atoms with Crippen LogP contribution in [0.2, 0.25) is 0 Å². The van der Waals surface area contributed by atoms with Crippen LogP contribution in [0.25, 0.3) is 0 Å². The molecule has 0 radical (unpaired) electrons. The number of nitrogens with zero attached hydrogens (tertiary/aromatic N) is 1. The van der Waals surface area contributed by atoms with Crippen molar-refractivity contribution in [3.63, 3.8) is 0 Å². The lowest BCUT2D eigenvalue weighted by Crippen LogP contribution is -2.33. The van der Waals surface area contributed by atoms with Crippen LogP contribution in [-0.2, 0) is 5.75 Å². The third kappa shape index (κ3) is 2.82. The topological polar surface area (TPSA) is 70.8 Å². The third-order valence-electron chi connectivity index (χ3n) is 5.86. The monoisotopic (exact) mass is 371 g/mol. The van der Waals surface area contributed by atoms with E-state index in [1.54, 1.807) is 0 Å². The van der Waals surface area contributed by atoms with Crippen LogP contribution in [0.15, 0.2) is 45.9 Å². The van der Waals surface area contributed by atoms with Gasteiger partial charge in [-0.05, 0) is 35.4 Å². The first-order chi connectivity index (χ1) is 12.4. The lowest BCUT2D eigenvalue weighted by atomic mass is 10.1. The number of likely N-dealkylation sites (tertiary alicyclic amines) is 1. The molecular formula is C20H21NO4S. The molecule has 2 unspecified atom stereocenters. The van der Waals surface area contributed by atoms with Crippen molar-refractivity contribution in [3.05, 3.63) is 53.5 Å². The number of carboxylic acid groups (broad SMARTS) is 1. The SMILES string of the molecule is CC1(C)C2CN(C(=O)c3ccccc3SCc3occc3C(=O)O)CC21. The smallest absolute Gasteiger partial charge is 0.339 e. The van der Waals surface area contributed by atoms with Crippen LogP contribution in [0.1, 0.15) is 40.3 Å². The van der Waals surface area contributed by atoms with Crippen molar-refractivity contribution >= 4 is 23.6 Å². The number of carboxylic acids is 1. The number of rotatable bonds is 5. The molecule has 1 aromatic heterocycles. The van der Waals surface area contributed by atoms with Crippen molar-refractivity contribution in [1.82, 2.24) is 4.90 Å². The normalized spacial score (nSPS) is 22.9. The molecule has 0 bridgehead atoms. The van der Waals surface area contributed by atoms with Crippen molar-refractivity contribution in [1.29, 1.82) is 0 Å². The van der Waals surface area contributed by atoms with Gasteiger partial charge in [0.05, 0.1) is 17.6 Å². The van der Waals surface area contributed by atoms with E-state index in [2.05, 4.69) is 13.8 Å². The van der Waals surface area contributed by atoms with Crippen LogP contribution in [0, 0.1) is 17.3 Å². The zero-order valence-electron chi connectivity index (χ0n) is 14.8. The summed E-state index contributed by atoms with van der Waals surface area (Å²) in [5.41, 5.74) is 1.22. The molecule has 1 aliphatic heterocycles. The molecule has 1 N–H and O–H groups in total. The summed E-state index contributed by atoms with van der Waals surface area (Å²) in [4.78, 5) is 27.0. The molecule has 5 nitrogen and oxygen atoms in total. The molecule has 1 aliphatic carbocycles. The van der Waals surface area contributed by atoms with Gasteiger partial charge in [0.2, 0.25) is 0 Å². The number of benzene rings is 1. The largest absolute Gasteiger partial charge is 0.478 e. The summed E-state index contributed by atoms with van der Waals surface area (Å²) in [7, 11) is 0. The number of furan rings is 1. The van der Waals surface area contributed by atoms with E-state index in [0.717, 1.165) is 18.0 Å². The van der Waals surface area contributed by atoms with Gasteiger partial charge in [-0.25, -0.2) is 4.79 Å². The van der Waals surface area contributed by atoms with Gasteiger partial charge in [0.25, 0.3) is 5.91 Å². The minimum atomic E-state index is -1.00. The predicted molar refractivity (Wildman–Crippen MR) is 98.3 cm³/mol. The lowest BCUT2D eigenvalue weighted by Gasteiger charge is -2.23. The Bertz CT molecular complexity index is 858. The molecule has 1 aromatic carbocycles. The maximum absolute atomic E-state index is 13.0. The number of piperidine rings is 1. The van der Waals surface area contributed by atoms with Gasteiger partial charge in [0.15, 0.2) is 0 Å². The highest BCUT2D eigenvalue weighted by molar-refractivity contribution is 7.98. The van der Waals surface area contributed by atoms with Crippen molar-refractivity contribution in [2.24, 2.45) is 17.3 Å². The van der Waals surface area contributed by atoms with Gasteiger partial charge in [0, 0.05) is 18.0 Å². The molecule has 2 aliphatic rings. The van der Waals surface area contributed by atoms with Gasteiger partial charge in [-0.1, -0.05) is 26.0 Å². The number of thioether (sulfide) groups is 1.